The maximum absolute atomic E-state index is 5.94. The second kappa shape index (κ2) is 5.12. The van der Waals surface area contributed by atoms with Gasteiger partial charge in [-0.2, -0.15) is 0 Å². The first-order valence-electron chi connectivity index (χ1n) is 5.21. The minimum atomic E-state index is -0.109. The second-order valence-electron chi connectivity index (χ2n) is 3.60. The number of nitrogens with zero attached hydrogens (tertiary/aromatic N) is 2. The molecule has 88 valence electrons. The van der Waals surface area contributed by atoms with Crippen molar-refractivity contribution in [2.24, 2.45) is 0 Å². The van der Waals surface area contributed by atoms with Crippen molar-refractivity contribution in [3.63, 3.8) is 0 Å². The first kappa shape index (κ1) is 11.8. The van der Waals surface area contributed by atoms with Crippen molar-refractivity contribution in [3.8, 4) is 0 Å². The largest absolute Gasteiger partial charge is 0.383 e. The van der Waals surface area contributed by atoms with Crippen LogP contribution in [-0.2, 0) is 0 Å². The second-order valence-corrected chi connectivity index (χ2v) is 4.04. The summed E-state index contributed by atoms with van der Waals surface area (Å²) in [5.74, 6) is 0.458. The highest BCUT2D eigenvalue weighted by Gasteiger charge is 2.16. The molecule has 0 amide bonds. The third-order valence-corrected chi connectivity index (χ3v) is 2.71. The minimum absolute atomic E-state index is 0.109. The molecule has 0 aliphatic carbocycles. The molecule has 4 nitrogen and oxygen atoms in total. The Balaban J connectivity index is 2.46. The number of nitrogens with two attached hydrogens (primary N) is 1. The van der Waals surface area contributed by atoms with Crippen LogP contribution in [0.4, 0.5) is 5.82 Å². The zero-order valence-electron chi connectivity index (χ0n) is 9.39. The van der Waals surface area contributed by atoms with Gasteiger partial charge in [-0.25, -0.2) is 4.98 Å². The van der Waals surface area contributed by atoms with Gasteiger partial charge in [-0.05, 0) is 25.2 Å². The van der Waals surface area contributed by atoms with Crippen LogP contribution in [-0.4, -0.2) is 17.0 Å². The Morgan fingerprint density at radius 2 is 2.18 bits per heavy atom. The van der Waals surface area contributed by atoms with Gasteiger partial charge in [-0.3, -0.25) is 4.98 Å². The Kier molecular flexibility index (Phi) is 3.56. The Morgan fingerprint density at radius 3 is 2.82 bits per heavy atom. The number of nitrogens with one attached hydrogen (secondary N) is 1. The van der Waals surface area contributed by atoms with Crippen LogP contribution in [0.5, 0.6) is 0 Å². The van der Waals surface area contributed by atoms with Crippen molar-refractivity contribution >= 4 is 17.4 Å². The highest BCUT2D eigenvalue weighted by atomic mass is 35.5. The molecule has 0 saturated heterocycles. The minimum Gasteiger partial charge on any atom is -0.383 e. The van der Waals surface area contributed by atoms with E-state index in [1.54, 1.807) is 12.3 Å². The average molecular weight is 249 g/mol. The van der Waals surface area contributed by atoms with Crippen LogP contribution in [0.1, 0.15) is 17.3 Å². The first-order chi connectivity index (χ1) is 8.22. The van der Waals surface area contributed by atoms with Crippen molar-refractivity contribution in [1.82, 2.24) is 15.3 Å². The van der Waals surface area contributed by atoms with Crippen LogP contribution in [0.25, 0.3) is 0 Å². The van der Waals surface area contributed by atoms with E-state index in [-0.39, 0.29) is 6.04 Å². The van der Waals surface area contributed by atoms with Gasteiger partial charge in [0.25, 0.3) is 0 Å². The Hall–Kier alpha value is -1.65. The van der Waals surface area contributed by atoms with E-state index in [9.17, 15) is 0 Å². The van der Waals surface area contributed by atoms with Crippen molar-refractivity contribution < 1.29 is 0 Å². The molecule has 1 atom stereocenters. The van der Waals surface area contributed by atoms with E-state index in [1.165, 1.54) is 6.20 Å². The fourth-order valence-electron chi connectivity index (χ4n) is 1.71. The summed E-state index contributed by atoms with van der Waals surface area (Å²) < 4.78 is 0. The number of pyridine rings is 2. The molecule has 2 aromatic heterocycles. The molecule has 0 aliphatic heterocycles. The molecule has 5 heteroatoms. The molecule has 2 heterocycles. The van der Waals surface area contributed by atoms with Gasteiger partial charge < -0.3 is 11.1 Å². The fraction of sp³-hybridized carbons (Fsp3) is 0.167. The lowest BCUT2D eigenvalue weighted by atomic mass is 10.0. The summed E-state index contributed by atoms with van der Waals surface area (Å²) in [6, 6.07) is 7.43. The van der Waals surface area contributed by atoms with E-state index in [2.05, 4.69) is 15.3 Å². The molecular formula is C12H13ClN4. The van der Waals surface area contributed by atoms with E-state index < -0.39 is 0 Å². The van der Waals surface area contributed by atoms with Gasteiger partial charge in [-0.15, -0.1) is 0 Å². The van der Waals surface area contributed by atoms with Gasteiger partial charge in [0.15, 0.2) is 0 Å². The van der Waals surface area contributed by atoms with E-state index in [0.29, 0.717) is 10.8 Å². The molecule has 2 rings (SSSR count). The summed E-state index contributed by atoms with van der Waals surface area (Å²) in [4.78, 5) is 8.36. The molecule has 0 aliphatic rings. The van der Waals surface area contributed by atoms with E-state index in [0.717, 1.165) is 11.3 Å². The van der Waals surface area contributed by atoms with Crippen molar-refractivity contribution in [2.45, 2.75) is 6.04 Å². The summed E-state index contributed by atoms with van der Waals surface area (Å²) in [7, 11) is 1.85. The predicted molar refractivity (Wildman–Crippen MR) is 68.8 cm³/mol. The van der Waals surface area contributed by atoms with E-state index in [1.807, 2.05) is 25.2 Å². The zero-order chi connectivity index (χ0) is 12.3. The lowest BCUT2D eigenvalue weighted by Crippen LogP contribution is -2.20. The molecule has 0 fully saturated rings. The zero-order valence-corrected chi connectivity index (χ0v) is 10.1. The fourth-order valence-corrected chi connectivity index (χ4v) is 1.87. The number of rotatable bonds is 3. The van der Waals surface area contributed by atoms with Gasteiger partial charge in [0.2, 0.25) is 0 Å². The van der Waals surface area contributed by atoms with Gasteiger partial charge in [0.05, 0.1) is 16.8 Å². The normalized spacial score (nSPS) is 12.4. The maximum Gasteiger partial charge on any atom is 0.128 e. The lowest BCUT2D eigenvalue weighted by molar-refractivity contribution is 0.670. The Labute approximate surface area is 105 Å². The molecule has 1 unspecified atom stereocenters. The lowest BCUT2D eigenvalue weighted by Gasteiger charge is -2.17. The topological polar surface area (TPSA) is 63.8 Å². The van der Waals surface area contributed by atoms with Gasteiger partial charge in [-0.1, -0.05) is 17.7 Å². The van der Waals surface area contributed by atoms with Gasteiger partial charge >= 0.3 is 0 Å². The maximum atomic E-state index is 5.94. The summed E-state index contributed by atoms with van der Waals surface area (Å²) in [5, 5.41) is 3.72. The molecule has 17 heavy (non-hydrogen) atoms. The average Bonchev–Trinajstić information content (AvgIpc) is 2.36. The SMILES string of the molecule is CNC(c1ccccn1)c1cc(Cl)cnc1N. The van der Waals surface area contributed by atoms with Crippen molar-refractivity contribution in [1.29, 1.82) is 0 Å². The van der Waals surface area contributed by atoms with Crippen LogP contribution >= 0.6 is 11.6 Å². The number of nitrogen functional groups attached to an aromatic ring is 1. The molecule has 0 spiro atoms. The number of halogens is 1. The third kappa shape index (κ3) is 2.54. The molecule has 3 N–H and O–H groups in total. The summed E-state index contributed by atoms with van der Waals surface area (Å²) in [5.41, 5.74) is 7.58. The standard InChI is InChI=1S/C12H13ClN4/c1-15-11(10-4-2-3-5-16-10)9-6-8(13)7-17-12(9)14/h2-7,11,15H,1H3,(H2,14,17). The number of aromatic nitrogens is 2. The summed E-state index contributed by atoms with van der Waals surface area (Å²) in [6.07, 6.45) is 3.28. The number of hydrogen-bond donors (Lipinski definition) is 2. The highest BCUT2D eigenvalue weighted by Crippen LogP contribution is 2.26. The highest BCUT2D eigenvalue weighted by molar-refractivity contribution is 6.30. The number of hydrogen-bond acceptors (Lipinski definition) is 4. The summed E-state index contributed by atoms with van der Waals surface area (Å²) in [6.45, 7) is 0. The Morgan fingerprint density at radius 1 is 1.35 bits per heavy atom. The van der Waals surface area contributed by atoms with Crippen LogP contribution in [0.2, 0.25) is 5.02 Å². The van der Waals surface area contributed by atoms with Crippen LogP contribution in [0.3, 0.4) is 0 Å². The molecule has 2 aromatic rings. The first-order valence-corrected chi connectivity index (χ1v) is 5.59. The molecule has 0 aromatic carbocycles. The van der Waals surface area contributed by atoms with Gasteiger partial charge in [0, 0.05) is 18.0 Å². The van der Waals surface area contributed by atoms with Crippen LogP contribution in [0, 0.1) is 0 Å². The van der Waals surface area contributed by atoms with Crippen molar-refractivity contribution in [3.05, 3.63) is 52.9 Å². The summed E-state index contributed by atoms with van der Waals surface area (Å²) >= 11 is 5.94. The molecule has 0 saturated carbocycles. The monoisotopic (exact) mass is 248 g/mol. The molecule has 0 radical (unpaired) electrons. The van der Waals surface area contributed by atoms with Gasteiger partial charge in [0.1, 0.15) is 5.82 Å². The van der Waals surface area contributed by atoms with Crippen LogP contribution in [0.15, 0.2) is 36.7 Å². The quantitative estimate of drug-likeness (QED) is 0.872. The van der Waals surface area contributed by atoms with E-state index in [4.69, 9.17) is 17.3 Å². The van der Waals surface area contributed by atoms with Crippen LogP contribution < -0.4 is 11.1 Å². The molecule has 0 bridgehead atoms. The van der Waals surface area contributed by atoms with E-state index >= 15 is 0 Å². The predicted octanol–water partition coefficient (Wildman–Crippen LogP) is 2.02. The Bertz CT molecular complexity index is 501. The number of anilines is 1. The smallest absolute Gasteiger partial charge is 0.128 e. The molecular weight excluding hydrogens is 236 g/mol. The van der Waals surface area contributed by atoms with Crippen molar-refractivity contribution in [2.75, 3.05) is 12.8 Å². The third-order valence-electron chi connectivity index (χ3n) is 2.50.